The van der Waals surface area contributed by atoms with Gasteiger partial charge in [0.05, 0.1) is 12.7 Å². The zero-order valence-electron chi connectivity index (χ0n) is 14.0. The molecule has 0 aliphatic carbocycles. The van der Waals surface area contributed by atoms with E-state index in [1.165, 1.54) is 6.42 Å². The van der Waals surface area contributed by atoms with Crippen LogP contribution in [0.2, 0.25) is 0 Å². The summed E-state index contributed by atoms with van der Waals surface area (Å²) in [4.78, 5) is 14.7. The molecule has 23 heavy (non-hydrogen) atoms. The Morgan fingerprint density at radius 1 is 1.30 bits per heavy atom. The van der Waals surface area contributed by atoms with E-state index in [1.54, 1.807) is 0 Å². The van der Waals surface area contributed by atoms with Gasteiger partial charge in [0.25, 0.3) is 5.91 Å². The predicted octanol–water partition coefficient (Wildman–Crippen LogP) is 0.845. The van der Waals surface area contributed by atoms with Crippen molar-refractivity contribution in [2.45, 2.75) is 51.7 Å². The van der Waals surface area contributed by atoms with Crippen molar-refractivity contribution >= 4 is 5.91 Å². The van der Waals surface area contributed by atoms with E-state index in [9.17, 15) is 4.79 Å². The molecule has 1 fully saturated rings. The zero-order valence-corrected chi connectivity index (χ0v) is 14.0. The van der Waals surface area contributed by atoms with Crippen LogP contribution in [0, 0.1) is 0 Å². The Hall–Kier alpha value is -1.47. The molecule has 2 aliphatic heterocycles. The molecule has 1 atom stereocenters. The minimum absolute atomic E-state index is 0.117. The van der Waals surface area contributed by atoms with E-state index >= 15 is 0 Å². The van der Waals surface area contributed by atoms with Gasteiger partial charge >= 0.3 is 0 Å². The lowest BCUT2D eigenvalue weighted by molar-refractivity contribution is -0.0296. The van der Waals surface area contributed by atoms with Crippen LogP contribution in [0.4, 0.5) is 0 Å². The van der Waals surface area contributed by atoms with Crippen molar-refractivity contribution in [1.29, 1.82) is 0 Å². The number of fused-ring (bicyclic) bond motifs is 1. The predicted molar refractivity (Wildman–Crippen MR) is 86.4 cm³/mol. The van der Waals surface area contributed by atoms with Gasteiger partial charge in [0.1, 0.15) is 5.82 Å². The minimum Gasteiger partial charge on any atom is -0.375 e. The lowest BCUT2D eigenvalue weighted by Gasteiger charge is -2.32. The number of amides is 1. The summed E-state index contributed by atoms with van der Waals surface area (Å²) in [7, 11) is 0. The number of carbonyl (C=O) groups is 1. The van der Waals surface area contributed by atoms with Gasteiger partial charge in [-0.15, -0.1) is 10.2 Å². The lowest BCUT2D eigenvalue weighted by atomic mass is 10.2. The van der Waals surface area contributed by atoms with Gasteiger partial charge in [-0.05, 0) is 25.8 Å². The summed E-state index contributed by atoms with van der Waals surface area (Å²) in [6.45, 7) is 7.42. The molecular formula is C16H27N5O2. The third-order valence-electron chi connectivity index (χ3n) is 4.73. The molecule has 1 saturated heterocycles. The maximum absolute atomic E-state index is 12.4. The zero-order chi connectivity index (χ0) is 16.1. The summed E-state index contributed by atoms with van der Waals surface area (Å²) in [5.74, 6) is 1.29. The number of hydrogen-bond donors (Lipinski definition) is 1. The van der Waals surface area contributed by atoms with Crippen LogP contribution >= 0.6 is 0 Å². The number of aromatic nitrogens is 3. The van der Waals surface area contributed by atoms with Gasteiger partial charge in [0.2, 0.25) is 5.82 Å². The highest BCUT2D eigenvalue weighted by molar-refractivity contribution is 5.90. The number of morpholine rings is 1. The fraction of sp³-hybridized carbons (Fsp3) is 0.812. The normalized spacial score (nSPS) is 22.4. The molecule has 1 unspecified atom stereocenters. The van der Waals surface area contributed by atoms with Gasteiger partial charge in [-0.1, -0.05) is 13.3 Å². The Balaban J connectivity index is 1.49. The first-order valence-electron chi connectivity index (χ1n) is 8.82. The standard InChI is InChI=1S/C16H27N5O2/c1-2-20-10-11-23-13(12-20)7-8-17-16(22)15-19-18-14-6-4-3-5-9-21(14)15/h13H,2-12H2,1H3,(H,17,22). The van der Waals surface area contributed by atoms with Crippen LogP contribution < -0.4 is 5.32 Å². The number of likely N-dealkylation sites (N-methyl/N-ethyl adjacent to an activating group) is 1. The van der Waals surface area contributed by atoms with Gasteiger partial charge in [-0.2, -0.15) is 0 Å². The fourth-order valence-electron chi connectivity index (χ4n) is 3.32. The molecule has 0 radical (unpaired) electrons. The number of aryl methyl sites for hydroxylation is 1. The number of hydrogen-bond acceptors (Lipinski definition) is 5. The van der Waals surface area contributed by atoms with Gasteiger partial charge in [0.15, 0.2) is 0 Å². The molecule has 0 spiro atoms. The SMILES string of the molecule is CCN1CCOC(CCNC(=O)c2nnc3n2CCCCC3)C1. The molecular weight excluding hydrogens is 294 g/mol. The van der Waals surface area contributed by atoms with Crippen LogP contribution in [0.15, 0.2) is 0 Å². The van der Waals surface area contributed by atoms with Gasteiger partial charge in [0, 0.05) is 32.6 Å². The third-order valence-corrected chi connectivity index (χ3v) is 4.73. The average Bonchev–Trinajstić information content (AvgIpc) is 2.84. The first-order chi connectivity index (χ1) is 11.3. The smallest absolute Gasteiger partial charge is 0.289 e. The highest BCUT2D eigenvalue weighted by Gasteiger charge is 2.22. The van der Waals surface area contributed by atoms with Crippen molar-refractivity contribution in [2.24, 2.45) is 0 Å². The van der Waals surface area contributed by atoms with E-state index in [-0.39, 0.29) is 12.0 Å². The summed E-state index contributed by atoms with van der Waals surface area (Å²) in [6, 6.07) is 0. The number of ether oxygens (including phenoxy) is 1. The maximum atomic E-state index is 12.4. The molecule has 0 aromatic carbocycles. The van der Waals surface area contributed by atoms with Crippen LogP contribution in [0.5, 0.6) is 0 Å². The second kappa shape index (κ2) is 7.88. The quantitative estimate of drug-likeness (QED) is 0.870. The van der Waals surface area contributed by atoms with Crippen LogP contribution in [0.3, 0.4) is 0 Å². The summed E-state index contributed by atoms with van der Waals surface area (Å²) < 4.78 is 7.75. The summed E-state index contributed by atoms with van der Waals surface area (Å²) in [6.07, 6.45) is 5.38. The molecule has 0 bridgehead atoms. The van der Waals surface area contributed by atoms with E-state index in [4.69, 9.17) is 4.74 Å². The van der Waals surface area contributed by atoms with Crippen molar-refractivity contribution in [2.75, 3.05) is 32.8 Å². The molecule has 7 heteroatoms. The highest BCUT2D eigenvalue weighted by Crippen LogP contribution is 2.14. The molecule has 7 nitrogen and oxygen atoms in total. The number of nitrogens with zero attached hydrogens (tertiary/aromatic N) is 4. The van der Waals surface area contributed by atoms with E-state index in [2.05, 4.69) is 27.3 Å². The van der Waals surface area contributed by atoms with Crippen molar-refractivity contribution in [1.82, 2.24) is 25.0 Å². The van der Waals surface area contributed by atoms with Gasteiger partial charge in [-0.25, -0.2) is 0 Å². The molecule has 1 N–H and O–H groups in total. The van der Waals surface area contributed by atoms with E-state index in [0.717, 1.165) is 64.3 Å². The topological polar surface area (TPSA) is 72.3 Å². The average molecular weight is 321 g/mol. The Bertz CT molecular complexity index is 531. The monoisotopic (exact) mass is 321 g/mol. The molecule has 3 rings (SSSR count). The maximum Gasteiger partial charge on any atom is 0.289 e. The largest absolute Gasteiger partial charge is 0.375 e. The lowest BCUT2D eigenvalue weighted by Crippen LogP contribution is -2.43. The van der Waals surface area contributed by atoms with Crippen LogP contribution in [-0.4, -0.2) is 64.5 Å². The van der Waals surface area contributed by atoms with E-state index in [1.807, 2.05) is 4.57 Å². The first kappa shape index (κ1) is 16.4. The van der Waals surface area contributed by atoms with Gasteiger partial charge in [-0.3, -0.25) is 9.69 Å². The Morgan fingerprint density at radius 3 is 3.09 bits per heavy atom. The van der Waals surface area contributed by atoms with Crippen LogP contribution in [0.1, 0.15) is 49.1 Å². The summed E-state index contributed by atoms with van der Waals surface area (Å²) in [5, 5.41) is 11.2. The molecule has 1 aromatic heterocycles. The van der Waals surface area contributed by atoms with Crippen molar-refractivity contribution in [3.8, 4) is 0 Å². The molecule has 2 aliphatic rings. The number of rotatable bonds is 5. The van der Waals surface area contributed by atoms with Crippen LogP contribution in [-0.2, 0) is 17.7 Å². The number of carbonyl (C=O) groups excluding carboxylic acids is 1. The Morgan fingerprint density at radius 2 is 2.22 bits per heavy atom. The summed E-state index contributed by atoms with van der Waals surface area (Å²) in [5.41, 5.74) is 0. The van der Waals surface area contributed by atoms with Crippen molar-refractivity contribution in [3.05, 3.63) is 11.6 Å². The molecule has 128 valence electrons. The van der Waals surface area contributed by atoms with E-state index in [0.29, 0.717) is 12.4 Å². The molecule has 1 aromatic rings. The molecule has 3 heterocycles. The molecule has 1 amide bonds. The third kappa shape index (κ3) is 4.09. The fourth-order valence-corrected chi connectivity index (χ4v) is 3.32. The Kier molecular flexibility index (Phi) is 5.61. The second-order valence-corrected chi connectivity index (χ2v) is 6.33. The van der Waals surface area contributed by atoms with Gasteiger partial charge < -0.3 is 14.6 Å². The van der Waals surface area contributed by atoms with E-state index < -0.39 is 0 Å². The second-order valence-electron chi connectivity index (χ2n) is 6.33. The minimum atomic E-state index is -0.117. The van der Waals surface area contributed by atoms with Crippen molar-refractivity contribution in [3.63, 3.8) is 0 Å². The molecule has 0 saturated carbocycles. The Labute approximate surface area is 137 Å². The first-order valence-corrected chi connectivity index (χ1v) is 8.82. The summed E-state index contributed by atoms with van der Waals surface area (Å²) >= 11 is 0. The van der Waals surface area contributed by atoms with Crippen molar-refractivity contribution < 1.29 is 9.53 Å². The highest BCUT2D eigenvalue weighted by atomic mass is 16.5. The number of nitrogens with one attached hydrogen (secondary N) is 1. The van der Waals surface area contributed by atoms with Crippen LogP contribution in [0.25, 0.3) is 0 Å².